The van der Waals surface area contributed by atoms with E-state index in [2.05, 4.69) is 5.10 Å². The van der Waals surface area contributed by atoms with Crippen LogP contribution in [0, 0.1) is 6.92 Å². The molecule has 2 rings (SSSR count). The van der Waals surface area contributed by atoms with Crippen molar-refractivity contribution in [1.29, 1.82) is 0 Å². The number of rotatable bonds is 5. The highest BCUT2D eigenvalue weighted by atomic mass is 16.3. The van der Waals surface area contributed by atoms with E-state index in [9.17, 15) is 10.2 Å². The highest BCUT2D eigenvalue weighted by Gasteiger charge is 2.23. The second-order valence-electron chi connectivity index (χ2n) is 5.96. The number of hydrogen-bond donors (Lipinski definition) is 2. The van der Waals surface area contributed by atoms with Gasteiger partial charge in [-0.3, -0.25) is 0 Å². The molecule has 0 saturated heterocycles. The van der Waals surface area contributed by atoms with Gasteiger partial charge in [0.25, 0.3) is 0 Å². The molecule has 0 spiro atoms. The van der Waals surface area contributed by atoms with Crippen molar-refractivity contribution >= 4 is 5.82 Å². The third kappa shape index (κ3) is 3.43. The SMILES string of the molecule is Cc1nn(-c2ccccc2)c(N(C)CC(C)(C)O)c1CO. The van der Waals surface area contributed by atoms with E-state index in [1.54, 1.807) is 13.8 Å². The first-order chi connectivity index (χ1) is 9.83. The number of aromatic nitrogens is 2. The number of benzene rings is 1. The molecule has 0 aliphatic carbocycles. The van der Waals surface area contributed by atoms with Crippen LogP contribution < -0.4 is 4.90 Å². The number of likely N-dealkylation sites (N-methyl/N-ethyl adjacent to an activating group) is 1. The monoisotopic (exact) mass is 289 g/mol. The fourth-order valence-electron chi connectivity index (χ4n) is 2.53. The molecule has 5 nitrogen and oxygen atoms in total. The number of nitrogens with zero attached hydrogens (tertiary/aromatic N) is 3. The van der Waals surface area contributed by atoms with Gasteiger partial charge >= 0.3 is 0 Å². The van der Waals surface area contributed by atoms with Gasteiger partial charge < -0.3 is 15.1 Å². The van der Waals surface area contributed by atoms with Crippen molar-refractivity contribution in [3.63, 3.8) is 0 Å². The molecule has 0 fully saturated rings. The maximum Gasteiger partial charge on any atom is 0.138 e. The van der Waals surface area contributed by atoms with E-state index in [1.807, 2.05) is 53.9 Å². The number of aryl methyl sites for hydroxylation is 1. The van der Waals surface area contributed by atoms with E-state index < -0.39 is 5.60 Å². The summed E-state index contributed by atoms with van der Waals surface area (Å²) in [4.78, 5) is 1.93. The van der Waals surface area contributed by atoms with Gasteiger partial charge in [-0.05, 0) is 32.9 Å². The van der Waals surface area contributed by atoms with Gasteiger partial charge in [-0.1, -0.05) is 18.2 Å². The highest BCUT2D eigenvalue weighted by Crippen LogP contribution is 2.27. The average Bonchev–Trinajstić information content (AvgIpc) is 2.74. The first-order valence-corrected chi connectivity index (χ1v) is 7.02. The third-order valence-corrected chi connectivity index (χ3v) is 3.30. The summed E-state index contributed by atoms with van der Waals surface area (Å²) in [7, 11) is 1.90. The second kappa shape index (κ2) is 5.87. The van der Waals surface area contributed by atoms with Crippen molar-refractivity contribution in [2.45, 2.75) is 33.0 Å². The van der Waals surface area contributed by atoms with Gasteiger partial charge in [0, 0.05) is 19.2 Å². The number of anilines is 1. The van der Waals surface area contributed by atoms with Gasteiger partial charge in [-0.15, -0.1) is 0 Å². The molecule has 0 saturated carbocycles. The zero-order valence-corrected chi connectivity index (χ0v) is 13.0. The Labute approximate surface area is 125 Å². The first kappa shape index (κ1) is 15.5. The fraction of sp³-hybridized carbons (Fsp3) is 0.438. The Bertz CT molecular complexity index is 600. The van der Waals surface area contributed by atoms with Crippen molar-refractivity contribution in [2.24, 2.45) is 0 Å². The summed E-state index contributed by atoms with van der Waals surface area (Å²) in [6.07, 6.45) is 0. The third-order valence-electron chi connectivity index (χ3n) is 3.30. The standard InChI is InChI=1S/C16H23N3O2/c1-12-14(10-20)15(18(4)11-16(2,3)21)19(17-12)13-8-6-5-7-9-13/h5-9,20-21H,10-11H2,1-4H3. The van der Waals surface area contributed by atoms with Gasteiger partial charge in [0.05, 0.1) is 23.6 Å². The number of hydrogen-bond acceptors (Lipinski definition) is 4. The average molecular weight is 289 g/mol. The predicted molar refractivity (Wildman–Crippen MR) is 83.8 cm³/mol. The fourth-order valence-corrected chi connectivity index (χ4v) is 2.53. The Morgan fingerprint density at radius 3 is 2.38 bits per heavy atom. The smallest absolute Gasteiger partial charge is 0.138 e. The van der Waals surface area contributed by atoms with Gasteiger partial charge in [0.15, 0.2) is 0 Å². The van der Waals surface area contributed by atoms with Crippen LogP contribution in [-0.2, 0) is 6.61 Å². The minimum Gasteiger partial charge on any atom is -0.391 e. The molecule has 0 atom stereocenters. The van der Waals surface area contributed by atoms with E-state index in [1.165, 1.54) is 0 Å². The molecule has 114 valence electrons. The molecule has 2 aromatic rings. The Balaban J connectivity index is 2.52. The van der Waals surface area contributed by atoms with Crippen LogP contribution in [0.5, 0.6) is 0 Å². The van der Waals surface area contributed by atoms with Gasteiger partial charge in [0.1, 0.15) is 5.82 Å². The summed E-state index contributed by atoms with van der Waals surface area (Å²) >= 11 is 0. The van der Waals surface area contributed by atoms with E-state index in [0.717, 1.165) is 22.8 Å². The Morgan fingerprint density at radius 2 is 1.86 bits per heavy atom. The van der Waals surface area contributed by atoms with Crippen LogP contribution in [-0.4, -0.2) is 39.2 Å². The minimum atomic E-state index is -0.832. The molecule has 5 heteroatoms. The Morgan fingerprint density at radius 1 is 1.24 bits per heavy atom. The topological polar surface area (TPSA) is 61.5 Å². The lowest BCUT2D eigenvalue weighted by atomic mass is 10.1. The lowest BCUT2D eigenvalue weighted by Crippen LogP contribution is -2.37. The van der Waals surface area contributed by atoms with Crippen molar-refractivity contribution in [3.05, 3.63) is 41.6 Å². The van der Waals surface area contributed by atoms with E-state index in [4.69, 9.17) is 0 Å². The molecular formula is C16H23N3O2. The quantitative estimate of drug-likeness (QED) is 0.882. The van der Waals surface area contributed by atoms with Gasteiger partial charge in [-0.25, -0.2) is 4.68 Å². The Kier molecular flexibility index (Phi) is 4.34. The molecule has 0 aliphatic rings. The molecule has 0 bridgehead atoms. The lowest BCUT2D eigenvalue weighted by Gasteiger charge is -2.28. The van der Waals surface area contributed by atoms with Crippen molar-refractivity contribution in [1.82, 2.24) is 9.78 Å². The zero-order valence-electron chi connectivity index (χ0n) is 13.0. The first-order valence-electron chi connectivity index (χ1n) is 7.02. The van der Waals surface area contributed by atoms with Crippen molar-refractivity contribution in [3.8, 4) is 5.69 Å². The number of aliphatic hydroxyl groups excluding tert-OH is 1. The van der Waals surface area contributed by atoms with Crippen LogP contribution in [0.1, 0.15) is 25.1 Å². The molecule has 0 radical (unpaired) electrons. The molecule has 2 N–H and O–H groups in total. The van der Waals surface area contributed by atoms with Crippen LogP contribution in [0.25, 0.3) is 5.69 Å². The summed E-state index contributed by atoms with van der Waals surface area (Å²) < 4.78 is 1.81. The highest BCUT2D eigenvalue weighted by molar-refractivity contribution is 5.54. The summed E-state index contributed by atoms with van der Waals surface area (Å²) in [6.45, 7) is 5.77. The normalized spacial score (nSPS) is 11.7. The van der Waals surface area contributed by atoms with E-state index in [-0.39, 0.29) is 6.61 Å². The zero-order chi connectivity index (χ0) is 15.6. The summed E-state index contributed by atoms with van der Waals surface area (Å²) in [6, 6.07) is 9.78. The largest absolute Gasteiger partial charge is 0.391 e. The summed E-state index contributed by atoms with van der Waals surface area (Å²) in [5.41, 5.74) is 1.67. The maximum absolute atomic E-state index is 10.0. The van der Waals surface area contributed by atoms with E-state index >= 15 is 0 Å². The lowest BCUT2D eigenvalue weighted by molar-refractivity contribution is 0.0882. The van der Waals surface area contributed by atoms with Crippen LogP contribution in [0.2, 0.25) is 0 Å². The van der Waals surface area contributed by atoms with E-state index in [0.29, 0.717) is 6.54 Å². The molecule has 0 aliphatic heterocycles. The maximum atomic E-state index is 10.0. The van der Waals surface area contributed by atoms with Crippen molar-refractivity contribution < 1.29 is 10.2 Å². The minimum absolute atomic E-state index is 0.0792. The molecular weight excluding hydrogens is 266 g/mol. The molecule has 1 aromatic carbocycles. The predicted octanol–water partition coefficient (Wildman–Crippen LogP) is 1.88. The number of para-hydroxylation sites is 1. The summed E-state index contributed by atoms with van der Waals surface area (Å²) in [5, 5.41) is 24.2. The van der Waals surface area contributed by atoms with Crippen molar-refractivity contribution in [2.75, 3.05) is 18.5 Å². The molecule has 1 heterocycles. The van der Waals surface area contributed by atoms with Crippen LogP contribution in [0.15, 0.2) is 30.3 Å². The Hall–Kier alpha value is -1.85. The van der Waals surface area contributed by atoms with Crippen LogP contribution in [0.4, 0.5) is 5.82 Å². The van der Waals surface area contributed by atoms with Gasteiger partial charge in [0.2, 0.25) is 0 Å². The number of aliphatic hydroxyl groups is 2. The molecule has 21 heavy (non-hydrogen) atoms. The molecule has 0 amide bonds. The van der Waals surface area contributed by atoms with Crippen LogP contribution >= 0.6 is 0 Å². The summed E-state index contributed by atoms with van der Waals surface area (Å²) in [5.74, 6) is 0.809. The van der Waals surface area contributed by atoms with Gasteiger partial charge in [-0.2, -0.15) is 5.10 Å². The molecule has 1 aromatic heterocycles. The second-order valence-corrected chi connectivity index (χ2v) is 5.96. The van der Waals surface area contributed by atoms with Crippen LogP contribution in [0.3, 0.4) is 0 Å². The molecule has 0 unspecified atom stereocenters.